The summed E-state index contributed by atoms with van der Waals surface area (Å²) in [5.41, 5.74) is 3.13. The number of hydrogen-bond acceptors (Lipinski definition) is 7. The molecule has 0 bridgehead atoms. The third kappa shape index (κ3) is 3.43. The number of aryl methyl sites for hydroxylation is 1. The highest BCUT2D eigenvalue weighted by Crippen LogP contribution is 2.42. The topological polar surface area (TPSA) is 103 Å². The summed E-state index contributed by atoms with van der Waals surface area (Å²) in [5, 5.41) is 28.6. The van der Waals surface area contributed by atoms with Crippen molar-refractivity contribution in [1.82, 2.24) is 29.8 Å². The second kappa shape index (κ2) is 8.47. The minimum absolute atomic E-state index is 0.288. The van der Waals surface area contributed by atoms with Gasteiger partial charge in [-0.25, -0.2) is 4.98 Å². The van der Waals surface area contributed by atoms with Gasteiger partial charge in [-0.3, -0.25) is 0 Å². The number of hydrogen-bond donors (Lipinski definition) is 2. The van der Waals surface area contributed by atoms with Crippen LogP contribution in [-0.2, 0) is 12.6 Å². The Kier molecular flexibility index (Phi) is 5.24. The van der Waals surface area contributed by atoms with Crippen LogP contribution in [0.1, 0.15) is 34.0 Å². The van der Waals surface area contributed by atoms with Crippen LogP contribution in [0.15, 0.2) is 79.3 Å². The zero-order valence-corrected chi connectivity index (χ0v) is 20.3. The van der Waals surface area contributed by atoms with Gasteiger partial charge in [0.2, 0.25) is 5.95 Å². The summed E-state index contributed by atoms with van der Waals surface area (Å²) >= 11 is 6.33. The van der Waals surface area contributed by atoms with E-state index >= 15 is 0 Å². The normalized spacial score (nSPS) is 15.9. The molecule has 0 radical (unpaired) electrons. The predicted octanol–water partition coefficient (Wildman–Crippen LogP) is 3.86. The van der Waals surface area contributed by atoms with Crippen molar-refractivity contribution in [3.8, 4) is 11.4 Å². The molecule has 6 rings (SSSR count). The van der Waals surface area contributed by atoms with E-state index in [0.29, 0.717) is 33.5 Å². The number of methoxy groups -OCH3 is 1. The molecule has 1 aliphatic rings. The molecule has 0 amide bonds. The number of tetrazole rings is 1. The molecule has 0 aliphatic carbocycles. The number of ether oxygens (including phenoxy) is 1. The summed E-state index contributed by atoms with van der Waals surface area (Å²) in [6.45, 7) is 0. The minimum atomic E-state index is -1.49. The van der Waals surface area contributed by atoms with E-state index < -0.39 is 5.60 Å². The van der Waals surface area contributed by atoms with Crippen LogP contribution >= 0.6 is 11.6 Å². The van der Waals surface area contributed by atoms with Crippen LogP contribution in [0.25, 0.3) is 5.69 Å². The number of benzene rings is 3. The second-order valence-corrected chi connectivity index (χ2v) is 9.09. The Balaban J connectivity index is 1.58. The molecule has 9 nitrogen and oxygen atoms in total. The maximum Gasteiger partial charge on any atom is 0.248 e. The van der Waals surface area contributed by atoms with Crippen molar-refractivity contribution in [2.24, 2.45) is 7.05 Å². The lowest BCUT2D eigenvalue weighted by Crippen LogP contribution is -2.32. The fourth-order valence-corrected chi connectivity index (χ4v) is 5.00. The molecule has 0 saturated heterocycles. The Morgan fingerprint density at radius 3 is 2.58 bits per heavy atom. The van der Waals surface area contributed by atoms with Crippen molar-refractivity contribution < 1.29 is 9.84 Å². The maximum atomic E-state index is 12.4. The summed E-state index contributed by atoms with van der Waals surface area (Å²) in [4.78, 5) is 4.28. The van der Waals surface area contributed by atoms with Crippen LogP contribution < -0.4 is 10.1 Å². The maximum absolute atomic E-state index is 12.4. The Hall–Kier alpha value is -4.21. The van der Waals surface area contributed by atoms with Crippen molar-refractivity contribution in [3.05, 3.63) is 112 Å². The lowest BCUT2D eigenvalue weighted by atomic mass is 9.81. The molecule has 2 unspecified atom stereocenters. The van der Waals surface area contributed by atoms with Crippen LogP contribution in [0.4, 0.5) is 5.95 Å². The Morgan fingerprint density at radius 1 is 1.06 bits per heavy atom. The molecule has 3 aromatic carbocycles. The molecule has 0 saturated carbocycles. The second-order valence-electron chi connectivity index (χ2n) is 8.65. The lowest BCUT2D eigenvalue weighted by molar-refractivity contribution is 0.117. The summed E-state index contributed by atoms with van der Waals surface area (Å²) in [6, 6.07) is 20.5. The monoisotopic (exact) mass is 499 g/mol. The van der Waals surface area contributed by atoms with E-state index in [1.165, 1.54) is 0 Å². The van der Waals surface area contributed by atoms with Crippen LogP contribution in [0.3, 0.4) is 0 Å². The van der Waals surface area contributed by atoms with Gasteiger partial charge in [0.1, 0.15) is 5.75 Å². The van der Waals surface area contributed by atoms with Gasteiger partial charge >= 0.3 is 0 Å². The van der Waals surface area contributed by atoms with Crippen molar-refractivity contribution in [3.63, 3.8) is 0 Å². The van der Waals surface area contributed by atoms with Crippen LogP contribution in [0, 0.1) is 0 Å². The number of rotatable bonds is 5. The summed E-state index contributed by atoms with van der Waals surface area (Å²) in [7, 11) is 3.47. The number of nitrogens with one attached hydrogen (secondary N) is 1. The van der Waals surface area contributed by atoms with Gasteiger partial charge in [0.25, 0.3) is 0 Å². The number of imidazole rings is 1. The molecule has 2 aromatic heterocycles. The average molecular weight is 500 g/mol. The van der Waals surface area contributed by atoms with E-state index in [9.17, 15) is 5.11 Å². The molecule has 180 valence electrons. The molecule has 0 fully saturated rings. The molecule has 36 heavy (non-hydrogen) atoms. The van der Waals surface area contributed by atoms with Gasteiger partial charge in [-0.1, -0.05) is 47.0 Å². The van der Waals surface area contributed by atoms with Gasteiger partial charge in [-0.2, -0.15) is 4.68 Å². The molecule has 5 aromatic rings. The zero-order chi connectivity index (χ0) is 24.9. The predicted molar refractivity (Wildman–Crippen MR) is 134 cm³/mol. The quantitative estimate of drug-likeness (QED) is 0.378. The smallest absolute Gasteiger partial charge is 0.248 e. The van der Waals surface area contributed by atoms with Gasteiger partial charge in [-0.15, -0.1) is 0 Å². The van der Waals surface area contributed by atoms with Crippen molar-refractivity contribution in [2.75, 3.05) is 12.4 Å². The number of anilines is 1. The van der Waals surface area contributed by atoms with E-state index in [2.05, 4.69) is 25.8 Å². The van der Waals surface area contributed by atoms with E-state index in [0.717, 1.165) is 16.8 Å². The van der Waals surface area contributed by atoms with Gasteiger partial charge in [-0.05, 0) is 63.5 Å². The molecule has 10 heteroatoms. The number of halogens is 1. The minimum Gasteiger partial charge on any atom is -0.497 e. The first-order valence-electron chi connectivity index (χ1n) is 11.3. The third-order valence-electron chi connectivity index (χ3n) is 6.60. The van der Waals surface area contributed by atoms with Crippen LogP contribution in [0.5, 0.6) is 5.75 Å². The van der Waals surface area contributed by atoms with Crippen LogP contribution in [0.2, 0.25) is 5.02 Å². The molecule has 1 aliphatic heterocycles. The SMILES string of the molecule is COc1ccc(C(O)(c2ccc3c(c2)C(c2cccc(Cl)c2)Nc2nnnn2-3)c2cncn2C)cc1. The third-order valence-corrected chi connectivity index (χ3v) is 6.84. The molecule has 3 heterocycles. The molecule has 0 spiro atoms. The average Bonchev–Trinajstić information content (AvgIpc) is 3.56. The Bertz CT molecular complexity index is 1560. The standard InChI is InChI=1S/C26H22ClN7O2/c1-33-15-28-14-23(33)26(35,17-6-9-20(36-2)10-7-17)18-8-11-22-21(13-18)24(16-4-3-5-19(27)12-16)29-25-30-31-32-34(22)25/h3-15,24,35H,1-2H3,(H,29,30,32). The van der Waals surface area contributed by atoms with E-state index in [4.69, 9.17) is 16.3 Å². The van der Waals surface area contributed by atoms with Gasteiger partial charge < -0.3 is 19.7 Å². The number of nitrogens with zero attached hydrogens (tertiary/aromatic N) is 6. The molecular formula is C26H22ClN7O2. The first kappa shape index (κ1) is 22.3. The molecule has 2 atom stereocenters. The van der Waals surface area contributed by atoms with Crippen molar-refractivity contribution in [1.29, 1.82) is 0 Å². The van der Waals surface area contributed by atoms with E-state index in [1.807, 2.05) is 78.3 Å². The number of aromatic nitrogens is 6. The highest BCUT2D eigenvalue weighted by Gasteiger charge is 2.38. The molecule has 2 N–H and O–H groups in total. The van der Waals surface area contributed by atoms with Crippen molar-refractivity contribution >= 4 is 17.5 Å². The largest absolute Gasteiger partial charge is 0.497 e. The zero-order valence-electron chi connectivity index (χ0n) is 19.5. The van der Waals surface area contributed by atoms with Gasteiger partial charge in [0, 0.05) is 17.6 Å². The molecular weight excluding hydrogens is 478 g/mol. The van der Waals surface area contributed by atoms with E-state index in [-0.39, 0.29) is 6.04 Å². The Labute approximate surface area is 211 Å². The van der Waals surface area contributed by atoms with Gasteiger partial charge in [0.15, 0.2) is 5.60 Å². The Morgan fingerprint density at radius 2 is 1.86 bits per heavy atom. The first-order chi connectivity index (χ1) is 17.5. The van der Waals surface area contributed by atoms with Gasteiger partial charge in [0.05, 0.1) is 37.1 Å². The number of aliphatic hydroxyl groups is 1. The summed E-state index contributed by atoms with van der Waals surface area (Å²) < 4.78 is 8.80. The highest BCUT2D eigenvalue weighted by atomic mass is 35.5. The summed E-state index contributed by atoms with van der Waals surface area (Å²) in [6.07, 6.45) is 3.35. The number of fused-ring (bicyclic) bond motifs is 3. The van der Waals surface area contributed by atoms with Crippen molar-refractivity contribution in [2.45, 2.75) is 11.6 Å². The van der Waals surface area contributed by atoms with Crippen LogP contribution in [-0.4, -0.2) is 42.0 Å². The first-order valence-corrected chi connectivity index (χ1v) is 11.7. The fourth-order valence-electron chi connectivity index (χ4n) is 4.80. The summed E-state index contributed by atoms with van der Waals surface area (Å²) in [5.74, 6) is 1.23. The fraction of sp³-hybridized carbons (Fsp3) is 0.154. The van der Waals surface area contributed by atoms with E-state index in [1.54, 1.807) is 24.3 Å². The highest BCUT2D eigenvalue weighted by molar-refractivity contribution is 6.30. The lowest BCUT2D eigenvalue weighted by Gasteiger charge is -2.33.